The Hall–Kier alpha value is -2.33. The van der Waals surface area contributed by atoms with Crippen LogP contribution in [0.25, 0.3) is 5.57 Å². The van der Waals surface area contributed by atoms with E-state index in [1.807, 2.05) is 25.1 Å². The molecular formula is C22H27N. The van der Waals surface area contributed by atoms with E-state index in [0.717, 1.165) is 23.3 Å². The van der Waals surface area contributed by atoms with Crippen molar-refractivity contribution in [2.75, 3.05) is 0 Å². The van der Waals surface area contributed by atoms with Gasteiger partial charge in [0.25, 0.3) is 0 Å². The zero-order valence-electron chi connectivity index (χ0n) is 15.0. The molecule has 0 aliphatic rings. The maximum absolute atomic E-state index is 5.55. The van der Waals surface area contributed by atoms with E-state index in [1.54, 1.807) is 0 Å². The molecule has 0 N–H and O–H groups in total. The Morgan fingerprint density at radius 1 is 1.17 bits per heavy atom. The van der Waals surface area contributed by atoms with E-state index in [2.05, 4.69) is 57.9 Å². The van der Waals surface area contributed by atoms with E-state index in [1.165, 1.54) is 16.7 Å². The summed E-state index contributed by atoms with van der Waals surface area (Å²) in [5.74, 6) is 2.73. The molecule has 1 heteroatoms. The third-order valence-electron chi connectivity index (χ3n) is 3.93. The molecule has 0 fully saturated rings. The van der Waals surface area contributed by atoms with Gasteiger partial charge >= 0.3 is 0 Å². The molecule has 0 aromatic heterocycles. The number of hydrogen-bond donors (Lipinski definition) is 0. The smallest absolute Gasteiger partial charge is 0.0643 e. The van der Waals surface area contributed by atoms with Gasteiger partial charge in [-0.15, -0.1) is 6.42 Å². The highest BCUT2D eigenvalue weighted by molar-refractivity contribution is 6.02. The van der Waals surface area contributed by atoms with Crippen LogP contribution in [0.2, 0.25) is 0 Å². The molecule has 0 heterocycles. The second-order valence-corrected chi connectivity index (χ2v) is 5.32. The Bertz CT molecular complexity index is 691. The molecule has 1 aromatic rings. The largest absolute Gasteiger partial charge is 0.285 e. The number of hydrogen-bond acceptors (Lipinski definition) is 1. The first-order valence-electron chi connectivity index (χ1n) is 8.16. The standard InChI is InChI=1S/C22H27N/c1-7-19(8-2)21-14-12-13-18(15-21)16-23-17(6)22(11-5)20(9-3)10-4/h1,8-9,11-15H,10,16H2,2-6H3/b19-8+,20-9+,22-11+,23-17?. The maximum atomic E-state index is 5.55. The molecule has 0 atom stereocenters. The molecule has 0 saturated heterocycles. The minimum absolute atomic E-state index is 0.666. The normalized spacial score (nSPS) is 13.9. The van der Waals surface area contributed by atoms with Crippen LogP contribution in [0, 0.1) is 12.3 Å². The molecular weight excluding hydrogens is 278 g/mol. The van der Waals surface area contributed by atoms with Gasteiger partial charge in [-0.2, -0.15) is 0 Å². The van der Waals surface area contributed by atoms with Gasteiger partial charge in [-0.05, 0) is 62.5 Å². The molecule has 0 unspecified atom stereocenters. The van der Waals surface area contributed by atoms with Gasteiger partial charge in [-0.1, -0.05) is 49.3 Å². The molecule has 0 spiro atoms. The summed E-state index contributed by atoms with van der Waals surface area (Å²) in [4.78, 5) is 4.77. The Balaban J connectivity index is 3.01. The molecule has 0 aliphatic carbocycles. The highest BCUT2D eigenvalue weighted by atomic mass is 14.7. The number of aliphatic imine (C=N–C) groups is 1. The maximum Gasteiger partial charge on any atom is 0.0643 e. The van der Waals surface area contributed by atoms with Crippen molar-refractivity contribution in [2.45, 2.75) is 47.6 Å². The summed E-state index contributed by atoms with van der Waals surface area (Å²) >= 11 is 0. The SMILES string of the molecule is C#C/C(=C\C)c1cccc(CN=C(C)C(=C\C)/C(=C/C)CC)c1. The fraction of sp³-hybridized carbons (Fsp3) is 0.318. The van der Waals surface area contributed by atoms with Crippen LogP contribution in [0.3, 0.4) is 0 Å². The zero-order chi connectivity index (χ0) is 17.2. The Morgan fingerprint density at radius 3 is 2.43 bits per heavy atom. The second kappa shape index (κ2) is 9.64. The van der Waals surface area contributed by atoms with Crippen LogP contribution in [-0.2, 0) is 6.54 Å². The van der Waals surface area contributed by atoms with Gasteiger partial charge in [0.05, 0.1) is 6.54 Å². The molecule has 1 nitrogen and oxygen atoms in total. The molecule has 0 saturated carbocycles. The lowest BCUT2D eigenvalue weighted by Gasteiger charge is -2.10. The number of benzene rings is 1. The highest BCUT2D eigenvalue weighted by Crippen LogP contribution is 2.18. The van der Waals surface area contributed by atoms with Crippen LogP contribution in [0.5, 0.6) is 0 Å². The summed E-state index contributed by atoms with van der Waals surface area (Å²) in [6.07, 6.45) is 12.8. The van der Waals surface area contributed by atoms with Crippen LogP contribution < -0.4 is 0 Å². The van der Waals surface area contributed by atoms with Crippen LogP contribution in [0.4, 0.5) is 0 Å². The third-order valence-corrected chi connectivity index (χ3v) is 3.93. The van der Waals surface area contributed by atoms with Crippen LogP contribution in [0.1, 0.15) is 52.2 Å². The lowest BCUT2D eigenvalue weighted by Crippen LogP contribution is -2.01. The summed E-state index contributed by atoms with van der Waals surface area (Å²) < 4.78 is 0. The van der Waals surface area contributed by atoms with Gasteiger partial charge in [-0.25, -0.2) is 0 Å². The summed E-state index contributed by atoms with van der Waals surface area (Å²) in [5, 5.41) is 0. The summed E-state index contributed by atoms with van der Waals surface area (Å²) in [6, 6.07) is 8.30. The molecule has 23 heavy (non-hydrogen) atoms. The average Bonchev–Trinajstić information content (AvgIpc) is 2.59. The summed E-state index contributed by atoms with van der Waals surface area (Å²) in [7, 11) is 0. The monoisotopic (exact) mass is 305 g/mol. The summed E-state index contributed by atoms with van der Waals surface area (Å²) in [5.41, 5.74) is 6.83. The molecule has 1 rings (SSSR count). The van der Waals surface area contributed by atoms with E-state index in [-0.39, 0.29) is 0 Å². The van der Waals surface area contributed by atoms with Gasteiger partial charge in [0.1, 0.15) is 0 Å². The minimum atomic E-state index is 0.666. The van der Waals surface area contributed by atoms with Crippen LogP contribution in [0.15, 0.2) is 58.6 Å². The molecule has 0 amide bonds. The zero-order valence-corrected chi connectivity index (χ0v) is 15.0. The highest BCUT2D eigenvalue weighted by Gasteiger charge is 2.05. The van der Waals surface area contributed by atoms with Gasteiger partial charge < -0.3 is 0 Å². The van der Waals surface area contributed by atoms with Crippen LogP contribution >= 0.6 is 0 Å². The van der Waals surface area contributed by atoms with E-state index < -0.39 is 0 Å². The lowest BCUT2D eigenvalue weighted by molar-refractivity contribution is 1.05. The Kier molecular flexibility index (Phi) is 7.84. The van der Waals surface area contributed by atoms with Gasteiger partial charge in [-0.3, -0.25) is 4.99 Å². The van der Waals surface area contributed by atoms with Crippen molar-refractivity contribution in [3.63, 3.8) is 0 Å². The topological polar surface area (TPSA) is 12.4 Å². The third kappa shape index (κ3) is 5.11. The Morgan fingerprint density at radius 2 is 1.91 bits per heavy atom. The van der Waals surface area contributed by atoms with Crippen molar-refractivity contribution in [1.29, 1.82) is 0 Å². The number of terminal acetylenes is 1. The van der Waals surface area contributed by atoms with Crippen molar-refractivity contribution in [1.82, 2.24) is 0 Å². The van der Waals surface area contributed by atoms with Gasteiger partial charge in [0.15, 0.2) is 0 Å². The number of rotatable bonds is 6. The van der Waals surface area contributed by atoms with E-state index >= 15 is 0 Å². The number of allylic oxidation sites excluding steroid dienone is 6. The summed E-state index contributed by atoms with van der Waals surface area (Å²) in [6.45, 7) is 11.0. The molecule has 0 radical (unpaired) electrons. The van der Waals surface area contributed by atoms with E-state index in [9.17, 15) is 0 Å². The van der Waals surface area contributed by atoms with E-state index in [4.69, 9.17) is 11.4 Å². The minimum Gasteiger partial charge on any atom is -0.285 e. The van der Waals surface area contributed by atoms with Gasteiger partial charge in [0, 0.05) is 11.3 Å². The van der Waals surface area contributed by atoms with Gasteiger partial charge in [0.2, 0.25) is 0 Å². The average molecular weight is 305 g/mol. The molecule has 0 bridgehead atoms. The van der Waals surface area contributed by atoms with Crippen molar-refractivity contribution >= 4 is 11.3 Å². The predicted octanol–water partition coefficient (Wildman–Crippen LogP) is 5.99. The molecule has 120 valence electrons. The number of nitrogens with zero attached hydrogens (tertiary/aromatic N) is 1. The first-order chi connectivity index (χ1) is 11.1. The second-order valence-electron chi connectivity index (χ2n) is 5.32. The van der Waals surface area contributed by atoms with Crippen molar-refractivity contribution in [3.05, 3.63) is 64.8 Å². The fourth-order valence-electron chi connectivity index (χ4n) is 2.64. The first kappa shape index (κ1) is 18.7. The lowest BCUT2D eigenvalue weighted by atomic mass is 9.99. The molecule has 0 aliphatic heterocycles. The van der Waals surface area contributed by atoms with Crippen molar-refractivity contribution < 1.29 is 0 Å². The van der Waals surface area contributed by atoms with Crippen molar-refractivity contribution in [2.24, 2.45) is 4.99 Å². The fourth-order valence-corrected chi connectivity index (χ4v) is 2.64. The quantitative estimate of drug-likeness (QED) is 0.348. The predicted molar refractivity (Wildman–Crippen MR) is 104 cm³/mol. The Labute approximate surface area is 141 Å². The van der Waals surface area contributed by atoms with E-state index in [0.29, 0.717) is 6.54 Å². The van der Waals surface area contributed by atoms with Crippen molar-refractivity contribution in [3.8, 4) is 12.3 Å². The first-order valence-corrected chi connectivity index (χ1v) is 8.16. The molecule has 1 aromatic carbocycles. The van der Waals surface area contributed by atoms with Crippen LogP contribution in [-0.4, -0.2) is 5.71 Å².